The van der Waals surface area contributed by atoms with Crippen LogP contribution >= 0.6 is 0 Å². The number of nitrogens with zero attached hydrogens (tertiary/aromatic N) is 1. The first kappa shape index (κ1) is 10.8. The van der Waals surface area contributed by atoms with E-state index in [-0.39, 0.29) is 5.82 Å². The summed E-state index contributed by atoms with van der Waals surface area (Å²) in [7, 11) is 0. The number of benzene rings is 1. The van der Waals surface area contributed by atoms with Gasteiger partial charge >= 0.3 is 0 Å². The monoisotopic (exact) mass is 220 g/mol. The summed E-state index contributed by atoms with van der Waals surface area (Å²) < 4.78 is 19.0. The van der Waals surface area contributed by atoms with Gasteiger partial charge in [-0.1, -0.05) is 12.1 Å². The van der Waals surface area contributed by atoms with Crippen LogP contribution in [0.3, 0.4) is 0 Å². The highest BCUT2D eigenvalue weighted by atomic mass is 19.1. The van der Waals surface area contributed by atoms with Crippen molar-refractivity contribution in [2.24, 2.45) is 5.73 Å². The van der Waals surface area contributed by atoms with E-state index < -0.39 is 0 Å². The summed E-state index contributed by atoms with van der Waals surface area (Å²) in [5.74, 6) is 0.711. The van der Waals surface area contributed by atoms with E-state index in [4.69, 9.17) is 10.2 Å². The molecule has 0 unspecified atom stereocenters. The lowest BCUT2D eigenvalue weighted by molar-refractivity contribution is 0.512. The highest BCUT2D eigenvalue weighted by molar-refractivity contribution is 5.54. The first-order chi connectivity index (χ1) is 7.72. The molecule has 0 saturated carbocycles. The Morgan fingerprint density at radius 1 is 1.38 bits per heavy atom. The minimum atomic E-state index is -0.331. The Kier molecular flexibility index (Phi) is 3.01. The van der Waals surface area contributed by atoms with Crippen LogP contribution in [-0.2, 0) is 6.42 Å². The summed E-state index contributed by atoms with van der Waals surface area (Å²) in [5, 5.41) is 0. The van der Waals surface area contributed by atoms with Crippen molar-refractivity contribution in [1.82, 2.24) is 4.98 Å². The SMILES string of the molecule is Cc1nc(-c2ccccc2F)oc1CCN. The van der Waals surface area contributed by atoms with Crippen LogP contribution in [0.5, 0.6) is 0 Å². The summed E-state index contributed by atoms with van der Waals surface area (Å²) in [6, 6.07) is 6.42. The highest BCUT2D eigenvalue weighted by Crippen LogP contribution is 2.24. The molecule has 1 aromatic heterocycles. The first-order valence-corrected chi connectivity index (χ1v) is 5.13. The van der Waals surface area contributed by atoms with Crippen LogP contribution in [0.2, 0.25) is 0 Å². The zero-order chi connectivity index (χ0) is 11.5. The van der Waals surface area contributed by atoms with Gasteiger partial charge in [0.25, 0.3) is 0 Å². The average molecular weight is 220 g/mol. The number of aryl methyl sites for hydroxylation is 1. The number of hydrogen-bond donors (Lipinski definition) is 1. The number of hydrogen-bond acceptors (Lipinski definition) is 3. The molecule has 0 radical (unpaired) electrons. The molecule has 1 heterocycles. The molecule has 0 atom stereocenters. The fourth-order valence-corrected chi connectivity index (χ4v) is 1.54. The molecule has 0 fully saturated rings. The molecular formula is C12H13FN2O. The van der Waals surface area contributed by atoms with Crippen molar-refractivity contribution in [1.29, 1.82) is 0 Å². The molecule has 0 aliphatic rings. The van der Waals surface area contributed by atoms with Gasteiger partial charge in [0, 0.05) is 6.42 Å². The van der Waals surface area contributed by atoms with Crippen molar-refractivity contribution in [3.63, 3.8) is 0 Å². The third kappa shape index (κ3) is 1.97. The van der Waals surface area contributed by atoms with E-state index >= 15 is 0 Å². The quantitative estimate of drug-likeness (QED) is 0.863. The number of oxazole rings is 1. The molecule has 2 aromatic rings. The van der Waals surface area contributed by atoms with Gasteiger partial charge in [-0.15, -0.1) is 0 Å². The van der Waals surface area contributed by atoms with Crippen molar-refractivity contribution in [3.05, 3.63) is 41.5 Å². The van der Waals surface area contributed by atoms with Gasteiger partial charge in [0.2, 0.25) is 5.89 Å². The van der Waals surface area contributed by atoms with Crippen LogP contribution in [0.15, 0.2) is 28.7 Å². The third-order valence-electron chi connectivity index (χ3n) is 2.37. The van der Waals surface area contributed by atoms with E-state index in [9.17, 15) is 4.39 Å². The van der Waals surface area contributed by atoms with Gasteiger partial charge in [-0.05, 0) is 25.6 Å². The van der Waals surface area contributed by atoms with Gasteiger partial charge in [-0.3, -0.25) is 0 Å². The van der Waals surface area contributed by atoms with Gasteiger partial charge in [0.1, 0.15) is 11.6 Å². The minimum absolute atomic E-state index is 0.319. The molecule has 0 spiro atoms. The van der Waals surface area contributed by atoms with Crippen molar-refractivity contribution < 1.29 is 8.81 Å². The molecule has 2 rings (SSSR count). The normalized spacial score (nSPS) is 10.7. The van der Waals surface area contributed by atoms with Crippen LogP contribution in [0.25, 0.3) is 11.5 Å². The molecule has 3 nitrogen and oxygen atoms in total. The number of nitrogens with two attached hydrogens (primary N) is 1. The second-order valence-corrected chi connectivity index (χ2v) is 3.55. The highest BCUT2D eigenvalue weighted by Gasteiger charge is 2.13. The van der Waals surface area contributed by atoms with Gasteiger partial charge in [-0.2, -0.15) is 0 Å². The summed E-state index contributed by atoms with van der Waals surface area (Å²) in [4.78, 5) is 4.20. The lowest BCUT2D eigenvalue weighted by Gasteiger charge is -1.96. The second kappa shape index (κ2) is 4.45. The van der Waals surface area contributed by atoms with E-state index in [0.29, 0.717) is 24.4 Å². The third-order valence-corrected chi connectivity index (χ3v) is 2.37. The Morgan fingerprint density at radius 2 is 2.12 bits per heavy atom. The van der Waals surface area contributed by atoms with E-state index in [2.05, 4.69) is 4.98 Å². The maximum atomic E-state index is 13.5. The van der Waals surface area contributed by atoms with Gasteiger partial charge in [-0.25, -0.2) is 9.37 Å². The predicted octanol–water partition coefficient (Wildman–Crippen LogP) is 2.29. The van der Waals surface area contributed by atoms with E-state index in [1.807, 2.05) is 6.92 Å². The Bertz CT molecular complexity index is 494. The molecule has 0 saturated heterocycles. The van der Waals surface area contributed by atoms with E-state index in [0.717, 1.165) is 11.5 Å². The van der Waals surface area contributed by atoms with E-state index in [1.165, 1.54) is 6.07 Å². The Morgan fingerprint density at radius 3 is 2.81 bits per heavy atom. The number of halogens is 1. The minimum Gasteiger partial charge on any atom is -0.441 e. The van der Waals surface area contributed by atoms with Gasteiger partial charge < -0.3 is 10.2 Å². The standard InChI is InChI=1S/C12H13FN2O/c1-8-11(6-7-14)16-12(15-8)9-4-2-3-5-10(9)13/h2-5H,6-7,14H2,1H3. The van der Waals surface area contributed by atoms with Crippen LogP contribution in [0, 0.1) is 12.7 Å². The smallest absolute Gasteiger partial charge is 0.229 e. The fourth-order valence-electron chi connectivity index (χ4n) is 1.54. The second-order valence-electron chi connectivity index (χ2n) is 3.55. The molecule has 0 bridgehead atoms. The van der Waals surface area contributed by atoms with Crippen LogP contribution < -0.4 is 5.73 Å². The summed E-state index contributed by atoms with van der Waals surface area (Å²) in [6.07, 6.45) is 0.618. The maximum Gasteiger partial charge on any atom is 0.229 e. The lowest BCUT2D eigenvalue weighted by atomic mass is 10.2. The summed E-state index contributed by atoms with van der Waals surface area (Å²) in [5.41, 5.74) is 6.60. The fraction of sp³-hybridized carbons (Fsp3) is 0.250. The molecule has 0 aliphatic heterocycles. The lowest BCUT2D eigenvalue weighted by Crippen LogP contribution is -2.02. The zero-order valence-corrected chi connectivity index (χ0v) is 9.03. The zero-order valence-electron chi connectivity index (χ0n) is 9.03. The van der Waals surface area contributed by atoms with Crippen LogP contribution in [0.4, 0.5) is 4.39 Å². The molecular weight excluding hydrogens is 207 g/mol. The van der Waals surface area contributed by atoms with Gasteiger partial charge in [0.15, 0.2) is 0 Å². The Labute approximate surface area is 93.1 Å². The molecule has 2 N–H and O–H groups in total. The van der Waals surface area contributed by atoms with Crippen LogP contribution in [-0.4, -0.2) is 11.5 Å². The summed E-state index contributed by atoms with van der Waals surface area (Å²) >= 11 is 0. The Hall–Kier alpha value is -1.68. The number of aromatic nitrogens is 1. The molecule has 84 valence electrons. The molecule has 16 heavy (non-hydrogen) atoms. The van der Waals surface area contributed by atoms with Crippen molar-refractivity contribution in [2.75, 3.05) is 6.54 Å². The maximum absolute atomic E-state index is 13.5. The predicted molar refractivity (Wildman–Crippen MR) is 59.4 cm³/mol. The molecule has 4 heteroatoms. The molecule has 0 amide bonds. The molecule has 1 aromatic carbocycles. The molecule has 0 aliphatic carbocycles. The van der Waals surface area contributed by atoms with Gasteiger partial charge in [0.05, 0.1) is 11.3 Å². The average Bonchev–Trinajstić information content (AvgIpc) is 2.61. The van der Waals surface area contributed by atoms with Crippen LogP contribution in [0.1, 0.15) is 11.5 Å². The van der Waals surface area contributed by atoms with Crippen molar-refractivity contribution in [3.8, 4) is 11.5 Å². The van der Waals surface area contributed by atoms with E-state index in [1.54, 1.807) is 18.2 Å². The van der Waals surface area contributed by atoms with Crippen molar-refractivity contribution in [2.45, 2.75) is 13.3 Å². The topological polar surface area (TPSA) is 52.0 Å². The Balaban J connectivity index is 2.42. The van der Waals surface area contributed by atoms with Crippen molar-refractivity contribution >= 4 is 0 Å². The summed E-state index contributed by atoms with van der Waals surface area (Å²) in [6.45, 7) is 2.32. The number of rotatable bonds is 3. The largest absolute Gasteiger partial charge is 0.441 e. The first-order valence-electron chi connectivity index (χ1n) is 5.13.